The minimum Gasteiger partial charge on any atom is -0.391 e. The molecule has 2 aromatic rings. The Labute approximate surface area is 112 Å². The Morgan fingerprint density at radius 3 is 2.74 bits per heavy atom. The van der Waals surface area contributed by atoms with Gasteiger partial charge in [-0.15, -0.1) is 0 Å². The van der Waals surface area contributed by atoms with E-state index in [1.165, 1.54) is 0 Å². The van der Waals surface area contributed by atoms with E-state index in [4.69, 9.17) is 0 Å². The maximum atomic E-state index is 9.83. The Bertz CT molecular complexity index is 540. The SMILES string of the molecule is OC(CNc1ccnc(-c2ccccc2)n1)C1CC1. The predicted molar refractivity (Wildman–Crippen MR) is 74.7 cm³/mol. The smallest absolute Gasteiger partial charge is 0.161 e. The second-order valence-corrected chi connectivity index (χ2v) is 4.92. The molecule has 1 saturated carbocycles. The number of benzene rings is 1. The summed E-state index contributed by atoms with van der Waals surface area (Å²) in [6.45, 7) is 0.551. The Balaban J connectivity index is 1.69. The van der Waals surface area contributed by atoms with Crippen molar-refractivity contribution >= 4 is 5.82 Å². The molecule has 1 unspecified atom stereocenters. The summed E-state index contributed by atoms with van der Waals surface area (Å²) in [6.07, 6.45) is 3.75. The lowest BCUT2D eigenvalue weighted by atomic mass is 10.2. The third-order valence-corrected chi connectivity index (χ3v) is 3.35. The van der Waals surface area contributed by atoms with Crippen LogP contribution in [-0.4, -0.2) is 27.7 Å². The molecule has 4 nitrogen and oxygen atoms in total. The second-order valence-electron chi connectivity index (χ2n) is 4.92. The van der Waals surface area contributed by atoms with Crippen molar-refractivity contribution in [3.8, 4) is 11.4 Å². The monoisotopic (exact) mass is 255 g/mol. The summed E-state index contributed by atoms with van der Waals surface area (Å²) in [5.41, 5.74) is 0.994. The highest BCUT2D eigenvalue weighted by Gasteiger charge is 2.29. The zero-order valence-corrected chi connectivity index (χ0v) is 10.7. The molecule has 3 rings (SSSR count). The highest BCUT2D eigenvalue weighted by atomic mass is 16.3. The summed E-state index contributed by atoms with van der Waals surface area (Å²) in [4.78, 5) is 8.73. The topological polar surface area (TPSA) is 58.0 Å². The van der Waals surface area contributed by atoms with E-state index in [1.54, 1.807) is 6.20 Å². The molecule has 2 N–H and O–H groups in total. The number of aliphatic hydroxyl groups excluding tert-OH is 1. The van der Waals surface area contributed by atoms with E-state index in [9.17, 15) is 5.11 Å². The Morgan fingerprint density at radius 2 is 2.00 bits per heavy atom. The van der Waals surface area contributed by atoms with Crippen molar-refractivity contribution < 1.29 is 5.11 Å². The van der Waals surface area contributed by atoms with Gasteiger partial charge >= 0.3 is 0 Å². The lowest BCUT2D eigenvalue weighted by Gasteiger charge is -2.11. The molecule has 0 bridgehead atoms. The summed E-state index contributed by atoms with van der Waals surface area (Å²) in [5.74, 6) is 1.93. The number of aromatic nitrogens is 2. The van der Waals surface area contributed by atoms with Gasteiger partial charge in [-0.25, -0.2) is 9.97 Å². The van der Waals surface area contributed by atoms with E-state index >= 15 is 0 Å². The standard InChI is InChI=1S/C15H17N3O/c19-13(11-6-7-11)10-17-14-8-9-16-15(18-14)12-4-2-1-3-5-12/h1-5,8-9,11,13,19H,6-7,10H2,(H,16,17,18). The summed E-state index contributed by atoms with van der Waals surface area (Å²) < 4.78 is 0. The molecule has 0 radical (unpaired) electrons. The van der Waals surface area contributed by atoms with Crippen molar-refractivity contribution in [1.82, 2.24) is 9.97 Å². The number of hydrogen-bond acceptors (Lipinski definition) is 4. The predicted octanol–water partition coefficient (Wildman–Crippen LogP) is 2.33. The fraction of sp³-hybridized carbons (Fsp3) is 0.333. The first-order valence-electron chi connectivity index (χ1n) is 6.63. The van der Waals surface area contributed by atoms with E-state index in [1.807, 2.05) is 36.4 Å². The van der Waals surface area contributed by atoms with Crippen LogP contribution in [0.5, 0.6) is 0 Å². The lowest BCUT2D eigenvalue weighted by molar-refractivity contribution is 0.164. The first-order valence-corrected chi connectivity index (χ1v) is 6.63. The van der Waals surface area contributed by atoms with E-state index < -0.39 is 0 Å². The number of nitrogens with zero attached hydrogens (tertiary/aromatic N) is 2. The molecule has 1 aromatic heterocycles. The van der Waals surface area contributed by atoms with Gasteiger partial charge in [0.1, 0.15) is 5.82 Å². The summed E-state index contributed by atoms with van der Waals surface area (Å²) >= 11 is 0. The Morgan fingerprint density at radius 1 is 1.21 bits per heavy atom. The van der Waals surface area contributed by atoms with Crippen LogP contribution in [0.15, 0.2) is 42.6 Å². The quantitative estimate of drug-likeness (QED) is 0.861. The molecule has 98 valence electrons. The van der Waals surface area contributed by atoms with Gasteiger partial charge in [0, 0.05) is 18.3 Å². The maximum Gasteiger partial charge on any atom is 0.161 e. The van der Waals surface area contributed by atoms with E-state index in [2.05, 4.69) is 15.3 Å². The minimum absolute atomic E-state index is 0.268. The molecule has 1 aliphatic rings. The van der Waals surface area contributed by atoms with Gasteiger partial charge in [-0.1, -0.05) is 30.3 Å². The van der Waals surface area contributed by atoms with Crippen LogP contribution in [0.25, 0.3) is 11.4 Å². The van der Waals surface area contributed by atoms with Crippen molar-refractivity contribution in [3.63, 3.8) is 0 Å². The highest BCUT2D eigenvalue weighted by molar-refractivity contribution is 5.56. The molecular weight excluding hydrogens is 238 g/mol. The summed E-state index contributed by atoms with van der Waals surface area (Å²) in [6, 6.07) is 11.7. The number of aliphatic hydroxyl groups is 1. The van der Waals surface area contributed by atoms with Gasteiger partial charge in [0.05, 0.1) is 6.10 Å². The summed E-state index contributed by atoms with van der Waals surface area (Å²) in [7, 11) is 0. The molecule has 1 heterocycles. The number of rotatable bonds is 5. The first-order chi connectivity index (χ1) is 9.33. The molecule has 19 heavy (non-hydrogen) atoms. The highest BCUT2D eigenvalue weighted by Crippen LogP contribution is 2.32. The maximum absolute atomic E-state index is 9.83. The molecule has 1 atom stereocenters. The van der Waals surface area contributed by atoms with Crippen LogP contribution in [-0.2, 0) is 0 Å². The third-order valence-electron chi connectivity index (χ3n) is 3.35. The molecule has 0 aliphatic heterocycles. The van der Waals surface area contributed by atoms with E-state index in [0.29, 0.717) is 18.3 Å². The average Bonchev–Trinajstić information content (AvgIpc) is 3.31. The van der Waals surface area contributed by atoms with Crippen molar-refractivity contribution in [3.05, 3.63) is 42.6 Å². The van der Waals surface area contributed by atoms with Gasteiger partial charge in [-0.05, 0) is 24.8 Å². The van der Waals surface area contributed by atoms with E-state index in [-0.39, 0.29) is 6.10 Å². The largest absolute Gasteiger partial charge is 0.391 e. The fourth-order valence-corrected chi connectivity index (χ4v) is 2.04. The number of hydrogen-bond donors (Lipinski definition) is 2. The lowest BCUT2D eigenvalue weighted by Crippen LogP contribution is -2.21. The molecule has 4 heteroatoms. The van der Waals surface area contributed by atoms with Gasteiger partial charge in [0.25, 0.3) is 0 Å². The van der Waals surface area contributed by atoms with Gasteiger partial charge in [0.2, 0.25) is 0 Å². The van der Waals surface area contributed by atoms with Gasteiger partial charge < -0.3 is 10.4 Å². The van der Waals surface area contributed by atoms with Crippen LogP contribution in [0.4, 0.5) is 5.82 Å². The second kappa shape index (κ2) is 5.36. The van der Waals surface area contributed by atoms with Crippen molar-refractivity contribution in [1.29, 1.82) is 0 Å². The first kappa shape index (κ1) is 12.1. The van der Waals surface area contributed by atoms with E-state index in [0.717, 1.165) is 24.2 Å². The minimum atomic E-state index is -0.268. The van der Waals surface area contributed by atoms with Crippen molar-refractivity contribution in [2.45, 2.75) is 18.9 Å². The van der Waals surface area contributed by atoms with Gasteiger partial charge in [-0.3, -0.25) is 0 Å². The van der Waals surface area contributed by atoms with Crippen molar-refractivity contribution in [2.75, 3.05) is 11.9 Å². The van der Waals surface area contributed by atoms with Gasteiger partial charge in [-0.2, -0.15) is 0 Å². The molecular formula is C15H17N3O. The Kier molecular flexibility index (Phi) is 3.42. The fourth-order valence-electron chi connectivity index (χ4n) is 2.04. The van der Waals surface area contributed by atoms with Crippen LogP contribution in [0.3, 0.4) is 0 Å². The van der Waals surface area contributed by atoms with Crippen LogP contribution in [0.2, 0.25) is 0 Å². The molecule has 0 spiro atoms. The van der Waals surface area contributed by atoms with Gasteiger partial charge in [0.15, 0.2) is 5.82 Å². The molecule has 1 aromatic carbocycles. The summed E-state index contributed by atoms with van der Waals surface area (Å²) in [5, 5.41) is 13.0. The molecule has 0 saturated heterocycles. The zero-order valence-electron chi connectivity index (χ0n) is 10.7. The normalized spacial score (nSPS) is 16.1. The van der Waals surface area contributed by atoms with Crippen LogP contribution < -0.4 is 5.32 Å². The van der Waals surface area contributed by atoms with Crippen LogP contribution in [0.1, 0.15) is 12.8 Å². The molecule has 1 aliphatic carbocycles. The van der Waals surface area contributed by atoms with Crippen LogP contribution in [0, 0.1) is 5.92 Å². The van der Waals surface area contributed by atoms with Crippen molar-refractivity contribution in [2.24, 2.45) is 5.92 Å². The third kappa shape index (κ3) is 3.09. The average molecular weight is 255 g/mol. The Hall–Kier alpha value is -1.94. The van der Waals surface area contributed by atoms with Crippen LogP contribution >= 0.6 is 0 Å². The molecule has 1 fully saturated rings. The number of anilines is 1. The number of nitrogens with one attached hydrogen (secondary N) is 1. The zero-order chi connectivity index (χ0) is 13.1. The molecule has 0 amide bonds.